The fraction of sp³-hybridized carbons (Fsp3) is 0.870. The standard InChI is InChI=1S/C54H101NO7/c1-6-8-10-12-14-16-18-20-22-24-26-27-29-30-32-34-36-38-40-42-44-52(56)61-49-50(48-60-47-46-51(54(58)59)55(3,4)5)62-53(57)45-43-41-39-37-35-33-31-28-25-23-21-19-17-15-13-11-9-7-2/h23,25,28,31,50-51H,6-22,24,26-27,29-30,32-49H2,1-5H3/b25-23+,31-28+. The van der Waals surface area contributed by atoms with Gasteiger partial charge in [-0.25, -0.2) is 0 Å². The molecule has 0 spiro atoms. The van der Waals surface area contributed by atoms with E-state index in [9.17, 15) is 19.5 Å². The van der Waals surface area contributed by atoms with Gasteiger partial charge in [0.05, 0.1) is 40.3 Å². The molecule has 2 unspecified atom stereocenters. The number of aliphatic carboxylic acids is 1. The lowest BCUT2D eigenvalue weighted by atomic mass is 10.0. The molecule has 62 heavy (non-hydrogen) atoms. The smallest absolute Gasteiger partial charge is 0.306 e. The molecule has 0 fully saturated rings. The zero-order valence-electron chi connectivity index (χ0n) is 41.6. The minimum Gasteiger partial charge on any atom is -0.544 e. The number of unbranched alkanes of at least 4 members (excludes halogenated alkanes) is 31. The molecule has 0 amide bonds. The molecule has 0 saturated carbocycles. The van der Waals surface area contributed by atoms with Gasteiger partial charge >= 0.3 is 11.9 Å². The van der Waals surface area contributed by atoms with Gasteiger partial charge in [0.2, 0.25) is 0 Å². The van der Waals surface area contributed by atoms with E-state index in [2.05, 4.69) is 38.2 Å². The summed E-state index contributed by atoms with van der Waals surface area (Å²) >= 11 is 0. The number of carboxylic acids is 1. The zero-order valence-corrected chi connectivity index (χ0v) is 41.6. The highest BCUT2D eigenvalue weighted by atomic mass is 16.6. The summed E-state index contributed by atoms with van der Waals surface area (Å²) in [7, 11) is 5.42. The first kappa shape index (κ1) is 59.8. The number of hydrogen-bond acceptors (Lipinski definition) is 7. The monoisotopic (exact) mass is 876 g/mol. The van der Waals surface area contributed by atoms with Gasteiger partial charge in [-0.1, -0.05) is 218 Å². The number of ether oxygens (including phenoxy) is 3. The zero-order chi connectivity index (χ0) is 45.6. The molecule has 0 rings (SSSR count). The van der Waals surface area contributed by atoms with Crippen LogP contribution in [0.3, 0.4) is 0 Å². The van der Waals surface area contributed by atoms with Crippen LogP contribution in [0.15, 0.2) is 24.3 Å². The minimum absolute atomic E-state index is 0.0388. The van der Waals surface area contributed by atoms with Gasteiger partial charge in [-0.15, -0.1) is 0 Å². The predicted octanol–water partition coefficient (Wildman–Crippen LogP) is 13.9. The van der Waals surface area contributed by atoms with Gasteiger partial charge in [-0.05, 0) is 38.5 Å². The molecule has 0 heterocycles. The van der Waals surface area contributed by atoms with Crippen molar-refractivity contribution in [1.82, 2.24) is 0 Å². The Hall–Kier alpha value is -2.19. The molecular formula is C54H101NO7. The Morgan fingerprint density at radius 2 is 0.839 bits per heavy atom. The van der Waals surface area contributed by atoms with E-state index < -0.39 is 18.1 Å². The van der Waals surface area contributed by atoms with Crippen LogP contribution in [0.5, 0.6) is 0 Å². The maximum absolute atomic E-state index is 12.8. The summed E-state index contributed by atoms with van der Waals surface area (Å²) in [5, 5.41) is 11.7. The SMILES string of the molecule is CCCCCCCCC/C=C/C=C/CCCCCCCC(=O)OC(COCCC(C(=O)[O-])[N+](C)(C)C)COC(=O)CCCCCCCCCCCCCCCCCCCCCC. The quantitative estimate of drug-likeness (QED) is 0.0260. The third kappa shape index (κ3) is 43.1. The highest BCUT2D eigenvalue weighted by Crippen LogP contribution is 2.16. The molecular weight excluding hydrogens is 775 g/mol. The number of carbonyl (C=O) groups is 3. The lowest BCUT2D eigenvalue weighted by molar-refractivity contribution is -0.889. The minimum atomic E-state index is -1.12. The topological polar surface area (TPSA) is 102 Å². The Morgan fingerprint density at radius 3 is 1.21 bits per heavy atom. The van der Waals surface area contributed by atoms with E-state index in [0.717, 1.165) is 57.8 Å². The van der Waals surface area contributed by atoms with E-state index in [1.54, 1.807) is 21.1 Å². The van der Waals surface area contributed by atoms with Gasteiger partial charge < -0.3 is 28.6 Å². The molecule has 0 N–H and O–H groups in total. The summed E-state index contributed by atoms with van der Waals surface area (Å²) in [5.74, 6) is -1.74. The number of hydrogen-bond donors (Lipinski definition) is 0. The van der Waals surface area contributed by atoms with Crippen LogP contribution in [0.1, 0.15) is 251 Å². The Bertz CT molecular complexity index is 1070. The predicted molar refractivity (Wildman–Crippen MR) is 259 cm³/mol. The van der Waals surface area contributed by atoms with Crippen LogP contribution in [-0.4, -0.2) is 75.5 Å². The second-order valence-corrected chi connectivity index (χ2v) is 19.1. The van der Waals surface area contributed by atoms with Crippen molar-refractivity contribution in [2.45, 2.75) is 264 Å². The van der Waals surface area contributed by atoms with Crippen molar-refractivity contribution in [2.24, 2.45) is 0 Å². The van der Waals surface area contributed by atoms with Gasteiger partial charge in [0.25, 0.3) is 0 Å². The van der Waals surface area contributed by atoms with E-state index in [4.69, 9.17) is 14.2 Å². The van der Waals surface area contributed by atoms with Crippen LogP contribution in [0.2, 0.25) is 0 Å². The van der Waals surface area contributed by atoms with E-state index in [-0.39, 0.29) is 42.7 Å². The number of carboxylic acid groups (broad SMARTS) is 1. The highest BCUT2D eigenvalue weighted by Gasteiger charge is 2.25. The number of likely N-dealkylation sites (N-methyl/N-ethyl adjacent to an activating group) is 1. The largest absolute Gasteiger partial charge is 0.544 e. The van der Waals surface area contributed by atoms with Crippen molar-refractivity contribution in [2.75, 3.05) is 41.0 Å². The molecule has 0 aliphatic heterocycles. The van der Waals surface area contributed by atoms with Gasteiger partial charge in [-0.3, -0.25) is 9.59 Å². The van der Waals surface area contributed by atoms with Crippen molar-refractivity contribution in [1.29, 1.82) is 0 Å². The average Bonchev–Trinajstić information content (AvgIpc) is 3.23. The summed E-state index contributed by atoms with van der Waals surface area (Å²) in [6.07, 6.45) is 52.1. The molecule has 0 aromatic carbocycles. The summed E-state index contributed by atoms with van der Waals surface area (Å²) in [4.78, 5) is 37.0. The van der Waals surface area contributed by atoms with E-state index in [0.29, 0.717) is 12.8 Å². The number of carbonyl (C=O) groups excluding carboxylic acids is 3. The summed E-state index contributed by atoms with van der Waals surface area (Å²) in [6, 6.07) is -0.727. The van der Waals surface area contributed by atoms with Crippen LogP contribution >= 0.6 is 0 Å². The van der Waals surface area contributed by atoms with E-state index in [1.807, 2.05) is 0 Å². The van der Waals surface area contributed by atoms with Crippen molar-refractivity contribution in [3.63, 3.8) is 0 Å². The molecule has 0 aromatic rings. The second-order valence-electron chi connectivity index (χ2n) is 19.1. The first-order chi connectivity index (χ1) is 30.1. The fourth-order valence-electron chi connectivity index (χ4n) is 8.01. The molecule has 0 aliphatic rings. The number of rotatable bonds is 48. The van der Waals surface area contributed by atoms with Gasteiger partial charge in [0.15, 0.2) is 6.10 Å². The first-order valence-electron chi connectivity index (χ1n) is 26.4. The fourth-order valence-corrected chi connectivity index (χ4v) is 8.01. The first-order valence-corrected chi connectivity index (χ1v) is 26.4. The second kappa shape index (κ2) is 45.4. The molecule has 8 nitrogen and oxygen atoms in total. The number of nitrogens with zero attached hydrogens (tertiary/aromatic N) is 1. The van der Waals surface area contributed by atoms with Crippen LogP contribution in [-0.2, 0) is 28.6 Å². The van der Waals surface area contributed by atoms with Gasteiger partial charge in [-0.2, -0.15) is 0 Å². The van der Waals surface area contributed by atoms with Crippen molar-refractivity contribution < 1.29 is 38.2 Å². The molecule has 8 heteroatoms. The highest BCUT2D eigenvalue weighted by molar-refractivity contribution is 5.70. The molecule has 0 bridgehead atoms. The average molecular weight is 876 g/mol. The van der Waals surface area contributed by atoms with Crippen LogP contribution < -0.4 is 5.11 Å². The summed E-state index contributed by atoms with van der Waals surface area (Å²) in [6.45, 7) is 4.68. The number of quaternary nitrogens is 1. The number of esters is 2. The third-order valence-corrected chi connectivity index (χ3v) is 12.1. The van der Waals surface area contributed by atoms with Crippen LogP contribution in [0, 0.1) is 0 Å². The molecule has 0 radical (unpaired) electrons. The third-order valence-electron chi connectivity index (χ3n) is 12.1. The summed E-state index contributed by atoms with van der Waals surface area (Å²) < 4.78 is 17.2. The molecule has 364 valence electrons. The van der Waals surface area contributed by atoms with Gasteiger partial charge in [0, 0.05) is 19.3 Å². The lowest BCUT2D eigenvalue weighted by Gasteiger charge is -2.34. The molecule has 0 aliphatic carbocycles. The molecule has 2 atom stereocenters. The van der Waals surface area contributed by atoms with Gasteiger partial charge in [0.1, 0.15) is 12.6 Å². The Morgan fingerprint density at radius 1 is 0.484 bits per heavy atom. The lowest BCUT2D eigenvalue weighted by Crippen LogP contribution is -2.55. The Kier molecular flexibility index (Phi) is 43.8. The van der Waals surface area contributed by atoms with Crippen molar-refractivity contribution in [3.8, 4) is 0 Å². The van der Waals surface area contributed by atoms with E-state index in [1.165, 1.54) is 161 Å². The van der Waals surface area contributed by atoms with E-state index >= 15 is 0 Å². The van der Waals surface area contributed by atoms with Crippen molar-refractivity contribution in [3.05, 3.63) is 24.3 Å². The normalized spacial score (nSPS) is 13.0. The molecule has 0 saturated heterocycles. The van der Waals surface area contributed by atoms with Crippen molar-refractivity contribution >= 4 is 17.9 Å². The number of allylic oxidation sites excluding steroid dienone is 4. The molecule has 0 aromatic heterocycles. The maximum Gasteiger partial charge on any atom is 0.306 e. The maximum atomic E-state index is 12.8. The Balaban J connectivity index is 4.22. The van der Waals surface area contributed by atoms with Crippen LogP contribution in [0.25, 0.3) is 0 Å². The van der Waals surface area contributed by atoms with Crippen LogP contribution in [0.4, 0.5) is 0 Å². The Labute approximate surface area is 383 Å². The summed E-state index contributed by atoms with van der Waals surface area (Å²) in [5.41, 5.74) is 0.